The van der Waals surface area contributed by atoms with Crippen LogP contribution in [-0.2, 0) is 6.42 Å². The number of phenolic OH excluding ortho intramolecular Hbond substituents is 1. The van der Waals surface area contributed by atoms with Crippen molar-refractivity contribution < 1.29 is 9.50 Å². The first-order valence-electron chi connectivity index (χ1n) is 4.99. The minimum Gasteiger partial charge on any atom is -0.508 e. The van der Waals surface area contributed by atoms with E-state index < -0.39 is 0 Å². The molecule has 1 N–H and O–H groups in total. The molecule has 0 aliphatic carbocycles. The number of halogens is 1. The molecule has 2 aromatic rings. The number of hydrogen-bond donors (Lipinski definition) is 1. The lowest BCUT2D eigenvalue weighted by molar-refractivity contribution is 0.476. The van der Waals surface area contributed by atoms with Gasteiger partial charge in [-0.15, -0.1) is 0 Å². The minimum absolute atomic E-state index is 0.261. The minimum atomic E-state index is -0.348. The van der Waals surface area contributed by atoms with Gasteiger partial charge in [0, 0.05) is 6.42 Å². The standard InChI is InChI=1S/C13H13FO/c1-9-7-12(15)8-11-4-2-3-10(5-6-14)13(9)11/h2-4,7-8,15H,5-6H2,1H3. The molecule has 0 unspecified atom stereocenters. The van der Waals surface area contributed by atoms with Crippen molar-refractivity contribution in [3.05, 3.63) is 41.5 Å². The first-order valence-corrected chi connectivity index (χ1v) is 4.99. The Morgan fingerprint density at radius 2 is 2.07 bits per heavy atom. The second kappa shape index (κ2) is 3.89. The summed E-state index contributed by atoms with van der Waals surface area (Å²) in [5.74, 6) is 0.261. The van der Waals surface area contributed by atoms with Gasteiger partial charge in [-0.1, -0.05) is 18.2 Å². The van der Waals surface area contributed by atoms with E-state index >= 15 is 0 Å². The number of alkyl halides is 1. The summed E-state index contributed by atoms with van der Waals surface area (Å²) >= 11 is 0. The lowest BCUT2D eigenvalue weighted by Gasteiger charge is -2.08. The van der Waals surface area contributed by atoms with Crippen LogP contribution in [0.2, 0.25) is 0 Å². The predicted molar refractivity (Wildman–Crippen MR) is 60.0 cm³/mol. The highest BCUT2D eigenvalue weighted by Gasteiger charge is 2.05. The van der Waals surface area contributed by atoms with Crippen molar-refractivity contribution in [2.24, 2.45) is 0 Å². The first-order chi connectivity index (χ1) is 7.22. The smallest absolute Gasteiger partial charge is 0.116 e. The molecule has 0 aromatic heterocycles. The van der Waals surface area contributed by atoms with E-state index in [4.69, 9.17) is 0 Å². The van der Waals surface area contributed by atoms with E-state index in [0.29, 0.717) is 6.42 Å². The van der Waals surface area contributed by atoms with Crippen molar-refractivity contribution in [2.75, 3.05) is 6.67 Å². The molecule has 0 fully saturated rings. The van der Waals surface area contributed by atoms with Gasteiger partial charge in [0.15, 0.2) is 0 Å². The fourth-order valence-electron chi connectivity index (χ4n) is 2.03. The molecule has 2 heteroatoms. The van der Waals surface area contributed by atoms with Crippen molar-refractivity contribution >= 4 is 10.8 Å². The van der Waals surface area contributed by atoms with Gasteiger partial charge in [-0.25, -0.2) is 0 Å². The molecule has 0 spiro atoms. The summed E-state index contributed by atoms with van der Waals surface area (Å²) in [7, 11) is 0. The van der Waals surface area contributed by atoms with Gasteiger partial charge < -0.3 is 5.11 Å². The fraction of sp³-hybridized carbons (Fsp3) is 0.231. The molecule has 0 radical (unpaired) electrons. The second-order valence-corrected chi connectivity index (χ2v) is 3.72. The van der Waals surface area contributed by atoms with Crippen molar-refractivity contribution in [3.63, 3.8) is 0 Å². The van der Waals surface area contributed by atoms with Gasteiger partial charge in [0.2, 0.25) is 0 Å². The Morgan fingerprint density at radius 3 is 2.80 bits per heavy atom. The monoisotopic (exact) mass is 204 g/mol. The summed E-state index contributed by atoms with van der Waals surface area (Å²) < 4.78 is 12.4. The molecule has 0 aliphatic heterocycles. The maximum atomic E-state index is 12.4. The zero-order valence-electron chi connectivity index (χ0n) is 8.63. The van der Waals surface area contributed by atoms with E-state index in [1.54, 1.807) is 12.1 Å². The quantitative estimate of drug-likeness (QED) is 0.795. The fourth-order valence-corrected chi connectivity index (χ4v) is 2.03. The molecule has 0 saturated heterocycles. The molecule has 0 saturated carbocycles. The highest BCUT2D eigenvalue weighted by Crippen LogP contribution is 2.27. The number of rotatable bonds is 2. The van der Waals surface area contributed by atoms with Crippen LogP contribution in [0.15, 0.2) is 30.3 Å². The Balaban J connectivity index is 2.73. The number of phenols is 1. The van der Waals surface area contributed by atoms with E-state index in [1.165, 1.54) is 0 Å². The van der Waals surface area contributed by atoms with Crippen molar-refractivity contribution in [1.82, 2.24) is 0 Å². The van der Waals surface area contributed by atoms with Gasteiger partial charge in [-0.2, -0.15) is 0 Å². The lowest BCUT2D eigenvalue weighted by atomic mass is 9.98. The van der Waals surface area contributed by atoms with Crippen LogP contribution >= 0.6 is 0 Å². The third-order valence-electron chi connectivity index (χ3n) is 2.61. The Morgan fingerprint density at radius 1 is 1.27 bits per heavy atom. The topological polar surface area (TPSA) is 20.2 Å². The van der Waals surface area contributed by atoms with Crippen molar-refractivity contribution in [2.45, 2.75) is 13.3 Å². The van der Waals surface area contributed by atoms with Gasteiger partial charge >= 0.3 is 0 Å². The first kappa shape index (κ1) is 9.97. The molecule has 1 nitrogen and oxygen atoms in total. The third-order valence-corrected chi connectivity index (χ3v) is 2.61. The summed E-state index contributed by atoms with van der Waals surface area (Å²) in [5.41, 5.74) is 2.00. The molecule has 2 rings (SSSR count). The van der Waals surface area contributed by atoms with E-state index in [0.717, 1.165) is 21.9 Å². The Labute approximate surface area is 88.2 Å². The molecule has 0 amide bonds. The molecule has 0 heterocycles. The van der Waals surface area contributed by atoms with Crippen LogP contribution in [0.4, 0.5) is 4.39 Å². The van der Waals surface area contributed by atoms with Gasteiger partial charge in [-0.3, -0.25) is 4.39 Å². The van der Waals surface area contributed by atoms with Crippen LogP contribution < -0.4 is 0 Å². The maximum absolute atomic E-state index is 12.4. The van der Waals surface area contributed by atoms with Gasteiger partial charge in [0.1, 0.15) is 5.75 Å². The van der Waals surface area contributed by atoms with E-state index in [2.05, 4.69) is 0 Å². The zero-order chi connectivity index (χ0) is 10.8. The van der Waals surface area contributed by atoms with Crippen LogP contribution in [0.25, 0.3) is 10.8 Å². The van der Waals surface area contributed by atoms with E-state index in [9.17, 15) is 9.50 Å². The molecule has 0 atom stereocenters. The lowest BCUT2D eigenvalue weighted by Crippen LogP contribution is -1.91. The number of fused-ring (bicyclic) bond motifs is 1. The van der Waals surface area contributed by atoms with E-state index in [1.807, 2.05) is 25.1 Å². The van der Waals surface area contributed by atoms with Crippen LogP contribution in [0.3, 0.4) is 0 Å². The molecule has 15 heavy (non-hydrogen) atoms. The molecule has 0 bridgehead atoms. The summed E-state index contributed by atoms with van der Waals surface area (Å²) in [4.78, 5) is 0. The molecule has 2 aromatic carbocycles. The second-order valence-electron chi connectivity index (χ2n) is 3.72. The van der Waals surface area contributed by atoms with Crippen molar-refractivity contribution in [3.8, 4) is 5.75 Å². The summed E-state index contributed by atoms with van der Waals surface area (Å²) in [6, 6.07) is 9.19. The average molecular weight is 204 g/mol. The number of hydrogen-bond acceptors (Lipinski definition) is 1. The number of benzene rings is 2. The summed E-state index contributed by atoms with van der Waals surface area (Å²) in [6.07, 6.45) is 0.433. The van der Waals surface area contributed by atoms with E-state index in [-0.39, 0.29) is 12.4 Å². The Bertz CT molecular complexity index is 491. The van der Waals surface area contributed by atoms with Gasteiger partial charge in [-0.05, 0) is 41.0 Å². The van der Waals surface area contributed by atoms with Crippen molar-refractivity contribution in [1.29, 1.82) is 0 Å². The molecule has 0 aliphatic rings. The van der Waals surface area contributed by atoms with Crippen LogP contribution in [0, 0.1) is 6.92 Å². The number of aromatic hydroxyl groups is 1. The molecular formula is C13H13FO. The molecule has 78 valence electrons. The maximum Gasteiger partial charge on any atom is 0.116 e. The zero-order valence-corrected chi connectivity index (χ0v) is 8.63. The largest absolute Gasteiger partial charge is 0.508 e. The van der Waals surface area contributed by atoms with Crippen LogP contribution in [0.1, 0.15) is 11.1 Å². The Kier molecular flexibility index (Phi) is 2.58. The normalized spacial score (nSPS) is 10.8. The highest BCUT2D eigenvalue weighted by molar-refractivity contribution is 5.90. The van der Waals surface area contributed by atoms with Crippen LogP contribution in [-0.4, -0.2) is 11.8 Å². The average Bonchev–Trinajstić information content (AvgIpc) is 2.17. The summed E-state index contributed by atoms with van der Waals surface area (Å²) in [5, 5.41) is 11.5. The Hall–Kier alpha value is -1.57. The SMILES string of the molecule is Cc1cc(O)cc2cccc(CCF)c12. The highest BCUT2D eigenvalue weighted by atomic mass is 19.1. The predicted octanol–water partition coefficient (Wildman–Crippen LogP) is 3.37. The van der Waals surface area contributed by atoms with Gasteiger partial charge in [0.25, 0.3) is 0 Å². The van der Waals surface area contributed by atoms with Crippen LogP contribution in [0.5, 0.6) is 5.75 Å². The number of aryl methyl sites for hydroxylation is 2. The van der Waals surface area contributed by atoms with Gasteiger partial charge in [0.05, 0.1) is 6.67 Å². The summed E-state index contributed by atoms with van der Waals surface area (Å²) in [6.45, 7) is 1.59. The molecular weight excluding hydrogens is 191 g/mol. The third kappa shape index (κ3) is 1.80.